The van der Waals surface area contributed by atoms with Crippen molar-refractivity contribution in [2.24, 2.45) is 0 Å². The number of pyridine rings is 1. The van der Waals surface area contributed by atoms with E-state index in [9.17, 15) is 0 Å². The number of hydrogen-bond donors (Lipinski definition) is 2. The van der Waals surface area contributed by atoms with Crippen molar-refractivity contribution in [3.05, 3.63) is 42.0 Å². The number of anilines is 1. The molecule has 0 atom stereocenters. The second kappa shape index (κ2) is 4.24. The summed E-state index contributed by atoms with van der Waals surface area (Å²) in [5, 5.41) is 18.5. The Kier molecular flexibility index (Phi) is 2.61. The van der Waals surface area contributed by atoms with Gasteiger partial charge < -0.3 is 5.32 Å². The highest BCUT2D eigenvalue weighted by Crippen LogP contribution is 2.12. The summed E-state index contributed by atoms with van der Waals surface area (Å²) in [7, 11) is 0. The highest BCUT2D eigenvalue weighted by atomic mass is 15.1. The van der Waals surface area contributed by atoms with Gasteiger partial charge in [0.25, 0.3) is 0 Å². The van der Waals surface area contributed by atoms with Crippen LogP contribution < -0.4 is 5.32 Å². The molecule has 0 aromatic carbocycles. The Bertz CT molecular complexity index is 469. The van der Waals surface area contributed by atoms with Gasteiger partial charge in [-0.15, -0.1) is 0 Å². The molecule has 5 heteroatoms. The zero-order chi connectivity index (χ0) is 10.5. The maximum Gasteiger partial charge on any atom is 0.101 e. The Morgan fingerprint density at radius 3 is 3.13 bits per heavy atom. The van der Waals surface area contributed by atoms with Gasteiger partial charge in [-0.1, -0.05) is 0 Å². The van der Waals surface area contributed by atoms with Gasteiger partial charge in [0.2, 0.25) is 0 Å². The third kappa shape index (κ3) is 2.11. The van der Waals surface area contributed by atoms with E-state index in [2.05, 4.69) is 26.6 Å². The Hall–Kier alpha value is -2.35. The largest absolute Gasteiger partial charge is 0.379 e. The lowest BCUT2D eigenvalue weighted by Crippen LogP contribution is -2.00. The van der Waals surface area contributed by atoms with Gasteiger partial charge >= 0.3 is 0 Å². The van der Waals surface area contributed by atoms with Crippen LogP contribution in [0.15, 0.2) is 30.9 Å². The first-order valence-electron chi connectivity index (χ1n) is 4.46. The first kappa shape index (κ1) is 9.21. The molecule has 5 nitrogen and oxygen atoms in total. The molecule has 2 heterocycles. The average molecular weight is 199 g/mol. The summed E-state index contributed by atoms with van der Waals surface area (Å²) in [5.41, 5.74) is 2.36. The number of aromatic amines is 1. The van der Waals surface area contributed by atoms with Crippen molar-refractivity contribution < 1.29 is 0 Å². The summed E-state index contributed by atoms with van der Waals surface area (Å²) >= 11 is 0. The summed E-state index contributed by atoms with van der Waals surface area (Å²) < 4.78 is 0. The lowest BCUT2D eigenvalue weighted by Gasteiger charge is -2.04. The number of rotatable bonds is 3. The minimum Gasteiger partial charge on any atom is -0.379 e. The standard InChI is InChI=1S/C10H9N5/c11-3-9-1-2-12-7-10(9)13-4-8-5-14-15-6-8/h1-2,5-7,13H,4H2,(H,14,15). The van der Waals surface area contributed by atoms with Crippen LogP contribution in [-0.2, 0) is 6.54 Å². The van der Waals surface area contributed by atoms with E-state index in [-0.39, 0.29) is 0 Å². The molecule has 0 spiro atoms. The molecule has 2 rings (SSSR count). The van der Waals surface area contributed by atoms with E-state index in [0.717, 1.165) is 11.3 Å². The van der Waals surface area contributed by atoms with Crippen LogP contribution >= 0.6 is 0 Å². The van der Waals surface area contributed by atoms with Gasteiger partial charge in [0.05, 0.1) is 23.6 Å². The molecular formula is C10H9N5. The van der Waals surface area contributed by atoms with Crippen molar-refractivity contribution in [3.63, 3.8) is 0 Å². The second-order valence-electron chi connectivity index (χ2n) is 2.99. The fraction of sp³-hybridized carbons (Fsp3) is 0.100. The zero-order valence-corrected chi connectivity index (χ0v) is 7.94. The van der Waals surface area contributed by atoms with Crippen molar-refractivity contribution >= 4 is 5.69 Å². The third-order valence-corrected chi connectivity index (χ3v) is 1.98. The summed E-state index contributed by atoms with van der Waals surface area (Å²) in [6.45, 7) is 0.622. The molecule has 0 unspecified atom stereocenters. The summed E-state index contributed by atoms with van der Waals surface area (Å²) in [5.74, 6) is 0. The quantitative estimate of drug-likeness (QED) is 0.780. The van der Waals surface area contributed by atoms with Gasteiger partial charge in [0, 0.05) is 24.5 Å². The molecule has 0 bridgehead atoms. The minimum absolute atomic E-state index is 0.591. The van der Waals surface area contributed by atoms with Crippen LogP contribution in [0.25, 0.3) is 0 Å². The van der Waals surface area contributed by atoms with Crippen LogP contribution in [0.2, 0.25) is 0 Å². The number of nitrogens with zero attached hydrogens (tertiary/aromatic N) is 3. The van der Waals surface area contributed by atoms with E-state index in [4.69, 9.17) is 5.26 Å². The van der Waals surface area contributed by atoms with E-state index in [1.54, 1.807) is 30.9 Å². The lowest BCUT2D eigenvalue weighted by atomic mass is 10.2. The van der Waals surface area contributed by atoms with Crippen molar-refractivity contribution in [1.29, 1.82) is 5.26 Å². The van der Waals surface area contributed by atoms with Crippen molar-refractivity contribution in [2.45, 2.75) is 6.54 Å². The Labute approximate surface area is 86.8 Å². The molecule has 2 aromatic heterocycles. The molecule has 0 aliphatic carbocycles. The van der Waals surface area contributed by atoms with Crippen LogP contribution in [0.3, 0.4) is 0 Å². The molecule has 15 heavy (non-hydrogen) atoms. The smallest absolute Gasteiger partial charge is 0.101 e. The molecule has 0 aliphatic rings. The van der Waals surface area contributed by atoms with E-state index in [0.29, 0.717) is 12.1 Å². The van der Waals surface area contributed by atoms with Crippen LogP contribution in [0.5, 0.6) is 0 Å². The molecule has 2 N–H and O–H groups in total. The van der Waals surface area contributed by atoms with Gasteiger partial charge in [-0.3, -0.25) is 10.1 Å². The van der Waals surface area contributed by atoms with Gasteiger partial charge in [-0.05, 0) is 6.07 Å². The monoisotopic (exact) mass is 199 g/mol. The summed E-state index contributed by atoms with van der Waals surface area (Å²) in [6, 6.07) is 3.78. The Balaban J connectivity index is 2.08. The van der Waals surface area contributed by atoms with E-state index >= 15 is 0 Å². The molecule has 0 amide bonds. The van der Waals surface area contributed by atoms with Crippen LogP contribution in [0.4, 0.5) is 5.69 Å². The molecule has 74 valence electrons. The number of aromatic nitrogens is 3. The molecule has 0 saturated heterocycles. The third-order valence-electron chi connectivity index (χ3n) is 1.98. The average Bonchev–Trinajstić information content (AvgIpc) is 2.79. The van der Waals surface area contributed by atoms with Crippen LogP contribution in [0.1, 0.15) is 11.1 Å². The zero-order valence-electron chi connectivity index (χ0n) is 7.94. The number of nitriles is 1. The lowest BCUT2D eigenvalue weighted by molar-refractivity contribution is 1.09. The van der Waals surface area contributed by atoms with Crippen molar-refractivity contribution in [3.8, 4) is 6.07 Å². The summed E-state index contributed by atoms with van der Waals surface area (Å²) in [4.78, 5) is 3.96. The maximum absolute atomic E-state index is 8.84. The number of H-pyrrole nitrogens is 1. The van der Waals surface area contributed by atoms with E-state index in [1.807, 2.05) is 0 Å². The first-order valence-corrected chi connectivity index (χ1v) is 4.46. The van der Waals surface area contributed by atoms with Gasteiger partial charge in [-0.2, -0.15) is 10.4 Å². The Morgan fingerprint density at radius 1 is 1.47 bits per heavy atom. The molecule has 0 saturated carbocycles. The SMILES string of the molecule is N#Cc1ccncc1NCc1cn[nH]c1. The molecule has 0 radical (unpaired) electrons. The van der Waals surface area contributed by atoms with E-state index in [1.165, 1.54) is 0 Å². The fourth-order valence-corrected chi connectivity index (χ4v) is 1.20. The van der Waals surface area contributed by atoms with Crippen LogP contribution in [0, 0.1) is 11.3 Å². The highest BCUT2D eigenvalue weighted by molar-refractivity contribution is 5.55. The maximum atomic E-state index is 8.84. The van der Waals surface area contributed by atoms with Gasteiger partial charge in [0.1, 0.15) is 6.07 Å². The van der Waals surface area contributed by atoms with Crippen molar-refractivity contribution in [1.82, 2.24) is 15.2 Å². The van der Waals surface area contributed by atoms with Gasteiger partial charge in [-0.25, -0.2) is 0 Å². The molecule has 0 aliphatic heterocycles. The molecule has 2 aromatic rings. The Morgan fingerprint density at radius 2 is 2.40 bits per heavy atom. The molecule has 0 fully saturated rings. The number of nitrogens with one attached hydrogen (secondary N) is 2. The van der Waals surface area contributed by atoms with Crippen LogP contribution in [-0.4, -0.2) is 15.2 Å². The fourth-order valence-electron chi connectivity index (χ4n) is 1.20. The normalized spacial score (nSPS) is 9.53. The molecular weight excluding hydrogens is 190 g/mol. The second-order valence-corrected chi connectivity index (χ2v) is 2.99. The van der Waals surface area contributed by atoms with Crippen molar-refractivity contribution in [2.75, 3.05) is 5.32 Å². The topological polar surface area (TPSA) is 77.4 Å². The first-order chi connectivity index (χ1) is 7.40. The number of hydrogen-bond acceptors (Lipinski definition) is 4. The predicted octanol–water partition coefficient (Wildman–Crippen LogP) is 1.29. The predicted molar refractivity (Wildman–Crippen MR) is 54.9 cm³/mol. The summed E-state index contributed by atoms with van der Waals surface area (Å²) in [6.07, 6.45) is 6.77. The minimum atomic E-state index is 0.591. The van der Waals surface area contributed by atoms with E-state index < -0.39 is 0 Å². The highest BCUT2D eigenvalue weighted by Gasteiger charge is 2.00. The van der Waals surface area contributed by atoms with Gasteiger partial charge in [0.15, 0.2) is 0 Å².